The van der Waals surface area contributed by atoms with Crippen LogP contribution in [-0.4, -0.2) is 23.7 Å². The van der Waals surface area contributed by atoms with E-state index in [1.54, 1.807) is 0 Å². The second kappa shape index (κ2) is 8.61. The van der Waals surface area contributed by atoms with Crippen molar-refractivity contribution in [2.45, 2.75) is 66.5 Å². The van der Waals surface area contributed by atoms with Crippen molar-refractivity contribution in [3.8, 4) is 0 Å². The highest BCUT2D eigenvalue weighted by Crippen LogP contribution is 2.13. The molecule has 0 bridgehead atoms. The van der Waals surface area contributed by atoms with E-state index in [4.69, 9.17) is 4.52 Å². The van der Waals surface area contributed by atoms with Crippen LogP contribution in [0.5, 0.6) is 0 Å². The molecule has 114 valence electrons. The van der Waals surface area contributed by atoms with Crippen LogP contribution in [0.1, 0.15) is 57.1 Å². The van der Waals surface area contributed by atoms with Crippen LogP contribution in [-0.2, 0) is 6.54 Å². The zero-order valence-electron chi connectivity index (χ0n) is 13.4. The molecule has 0 fully saturated rings. The summed E-state index contributed by atoms with van der Waals surface area (Å²) < 4.78 is 5.17. The molecule has 0 aliphatic carbocycles. The van der Waals surface area contributed by atoms with Crippen LogP contribution in [0.2, 0.25) is 0 Å². The molecule has 0 amide bonds. The maximum atomic E-state index is 5.17. The number of aliphatic imine (C=N–C) groups is 1. The molecule has 1 atom stereocenters. The molecular weight excluding hydrogens is 252 g/mol. The Morgan fingerprint density at radius 2 is 2.10 bits per heavy atom. The lowest BCUT2D eigenvalue weighted by atomic mass is 10.2. The summed E-state index contributed by atoms with van der Waals surface area (Å²) in [6.45, 7) is 11.9. The molecule has 0 aliphatic heterocycles. The van der Waals surface area contributed by atoms with Crippen molar-refractivity contribution in [3.63, 3.8) is 0 Å². The van der Waals surface area contributed by atoms with Gasteiger partial charge in [0.1, 0.15) is 5.76 Å². The van der Waals surface area contributed by atoms with Crippen LogP contribution in [0, 0.1) is 13.8 Å². The van der Waals surface area contributed by atoms with Crippen LogP contribution in [0.25, 0.3) is 0 Å². The fourth-order valence-electron chi connectivity index (χ4n) is 1.76. The van der Waals surface area contributed by atoms with Gasteiger partial charge in [-0.15, -0.1) is 0 Å². The molecule has 5 nitrogen and oxygen atoms in total. The largest absolute Gasteiger partial charge is 0.361 e. The summed E-state index contributed by atoms with van der Waals surface area (Å²) in [5.74, 6) is 1.72. The average molecular weight is 280 g/mol. The SMILES string of the molecule is CCCCNC(=NCc1c(C)noc1C)N[C@H](C)CC. The number of rotatable bonds is 7. The minimum atomic E-state index is 0.410. The molecule has 2 N–H and O–H groups in total. The van der Waals surface area contributed by atoms with E-state index in [2.05, 4.69) is 41.6 Å². The van der Waals surface area contributed by atoms with Gasteiger partial charge in [0.2, 0.25) is 0 Å². The Hall–Kier alpha value is -1.52. The van der Waals surface area contributed by atoms with E-state index in [1.807, 2.05) is 13.8 Å². The van der Waals surface area contributed by atoms with Gasteiger partial charge in [0.05, 0.1) is 12.2 Å². The Labute approximate surface area is 122 Å². The molecule has 5 heteroatoms. The predicted octanol–water partition coefficient (Wildman–Crippen LogP) is 2.93. The molecular formula is C15H28N4O. The van der Waals surface area contributed by atoms with Crippen LogP contribution in [0.3, 0.4) is 0 Å². The van der Waals surface area contributed by atoms with Gasteiger partial charge in [-0.05, 0) is 33.6 Å². The standard InChI is InChI=1S/C15H28N4O/c1-6-8-9-16-15(18-11(3)7-2)17-10-14-12(4)19-20-13(14)5/h11H,6-10H2,1-5H3,(H2,16,17,18)/t11-/m1/s1. The number of aryl methyl sites for hydroxylation is 2. The third kappa shape index (κ3) is 5.23. The summed E-state index contributed by atoms with van der Waals surface area (Å²) in [6, 6.07) is 0.410. The van der Waals surface area contributed by atoms with Crippen molar-refractivity contribution in [2.75, 3.05) is 6.54 Å². The van der Waals surface area contributed by atoms with Gasteiger partial charge in [0.25, 0.3) is 0 Å². The number of nitrogens with zero attached hydrogens (tertiary/aromatic N) is 2. The second-order valence-electron chi connectivity index (χ2n) is 5.20. The van der Waals surface area contributed by atoms with Gasteiger partial charge in [0, 0.05) is 18.2 Å². The van der Waals surface area contributed by atoms with Gasteiger partial charge in [-0.25, -0.2) is 4.99 Å². The Morgan fingerprint density at radius 3 is 2.65 bits per heavy atom. The van der Waals surface area contributed by atoms with Gasteiger partial charge < -0.3 is 15.2 Å². The number of hydrogen-bond acceptors (Lipinski definition) is 3. The molecule has 0 radical (unpaired) electrons. The number of nitrogens with one attached hydrogen (secondary N) is 2. The first-order chi connectivity index (χ1) is 9.58. The highest BCUT2D eigenvalue weighted by molar-refractivity contribution is 5.80. The predicted molar refractivity (Wildman–Crippen MR) is 82.9 cm³/mol. The van der Waals surface area contributed by atoms with Crippen molar-refractivity contribution in [1.29, 1.82) is 0 Å². The van der Waals surface area contributed by atoms with Crippen LogP contribution >= 0.6 is 0 Å². The van der Waals surface area contributed by atoms with Gasteiger partial charge in [0.15, 0.2) is 5.96 Å². The second-order valence-corrected chi connectivity index (χ2v) is 5.20. The lowest BCUT2D eigenvalue weighted by Crippen LogP contribution is -2.42. The van der Waals surface area contributed by atoms with Crippen molar-refractivity contribution in [2.24, 2.45) is 4.99 Å². The van der Waals surface area contributed by atoms with Crippen molar-refractivity contribution in [1.82, 2.24) is 15.8 Å². The van der Waals surface area contributed by atoms with E-state index >= 15 is 0 Å². The Morgan fingerprint density at radius 1 is 1.35 bits per heavy atom. The van der Waals surface area contributed by atoms with Gasteiger partial charge in [-0.3, -0.25) is 0 Å². The molecule has 0 saturated heterocycles. The number of aromatic nitrogens is 1. The Balaban J connectivity index is 2.67. The van der Waals surface area contributed by atoms with E-state index in [9.17, 15) is 0 Å². The Kier molecular flexibility index (Phi) is 7.12. The van der Waals surface area contributed by atoms with Gasteiger partial charge in [-0.1, -0.05) is 25.4 Å². The van der Waals surface area contributed by atoms with E-state index in [0.717, 1.165) is 42.4 Å². The highest BCUT2D eigenvalue weighted by Gasteiger charge is 2.09. The topological polar surface area (TPSA) is 62.5 Å². The van der Waals surface area contributed by atoms with Gasteiger partial charge >= 0.3 is 0 Å². The lowest BCUT2D eigenvalue weighted by molar-refractivity contribution is 0.392. The fraction of sp³-hybridized carbons (Fsp3) is 0.733. The monoisotopic (exact) mass is 280 g/mol. The minimum Gasteiger partial charge on any atom is -0.361 e. The molecule has 1 heterocycles. The highest BCUT2D eigenvalue weighted by atomic mass is 16.5. The van der Waals surface area contributed by atoms with Crippen molar-refractivity contribution >= 4 is 5.96 Å². The number of hydrogen-bond donors (Lipinski definition) is 2. The quantitative estimate of drug-likeness (QED) is 0.458. The summed E-state index contributed by atoms with van der Waals surface area (Å²) in [5.41, 5.74) is 1.99. The zero-order valence-corrected chi connectivity index (χ0v) is 13.4. The van der Waals surface area contributed by atoms with Crippen LogP contribution < -0.4 is 10.6 Å². The first-order valence-electron chi connectivity index (χ1n) is 7.55. The number of guanidine groups is 1. The normalized spacial score (nSPS) is 13.3. The molecule has 0 spiro atoms. The molecule has 20 heavy (non-hydrogen) atoms. The van der Waals surface area contributed by atoms with E-state index in [-0.39, 0.29) is 0 Å². The van der Waals surface area contributed by atoms with E-state index in [1.165, 1.54) is 6.42 Å². The molecule has 1 rings (SSSR count). The molecule has 1 aromatic heterocycles. The maximum absolute atomic E-state index is 5.17. The summed E-state index contributed by atoms with van der Waals surface area (Å²) in [4.78, 5) is 4.64. The molecule has 1 aromatic rings. The summed E-state index contributed by atoms with van der Waals surface area (Å²) in [5, 5.41) is 10.8. The lowest BCUT2D eigenvalue weighted by Gasteiger charge is -2.16. The molecule has 0 aliphatic rings. The average Bonchev–Trinajstić information content (AvgIpc) is 2.75. The summed E-state index contributed by atoms with van der Waals surface area (Å²) in [7, 11) is 0. The van der Waals surface area contributed by atoms with E-state index in [0.29, 0.717) is 12.6 Å². The smallest absolute Gasteiger partial charge is 0.191 e. The summed E-state index contributed by atoms with van der Waals surface area (Å²) in [6.07, 6.45) is 3.39. The molecule has 0 aromatic carbocycles. The first-order valence-corrected chi connectivity index (χ1v) is 7.55. The van der Waals surface area contributed by atoms with Crippen LogP contribution in [0.15, 0.2) is 9.52 Å². The van der Waals surface area contributed by atoms with Crippen molar-refractivity contribution < 1.29 is 4.52 Å². The molecule has 0 saturated carbocycles. The third-order valence-electron chi connectivity index (χ3n) is 3.39. The zero-order chi connectivity index (χ0) is 15.0. The first kappa shape index (κ1) is 16.5. The maximum Gasteiger partial charge on any atom is 0.191 e. The minimum absolute atomic E-state index is 0.410. The third-order valence-corrected chi connectivity index (χ3v) is 3.39. The van der Waals surface area contributed by atoms with Gasteiger partial charge in [-0.2, -0.15) is 0 Å². The fourth-order valence-corrected chi connectivity index (χ4v) is 1.76. The number of unbranched alkanes of at least 4 members (excludes halogenated alkanes) is 1. The van der Waals surface area contributed by atoms with E-state index < -0.39 is 0 Å². The molecule has 0 unspecified atom stereocenters. The van der Waals surface area contributed by atoms with Crippen molar-refractivity contribution in [3.05, 3.63) is 17.0 Å². The summed E-state index contributed by atoms with van der Waals surface area (Å²) >= 11 is 0. The van der Waals surface area contributed by atoms with Crippen LogP contribution in [0.4, 0.5) is 0 Å². The Bertz CT molecular complexity index is 406.